The van der Waals surface area contributed by atoms with Crippen LogP contribution in [-0.4, -0.2) is 4.98 Å². The van der Waals surface area contributed by atoms with Crippen LogP contribution < -0.4 is 5.73 Å². The molecule has 2 N–H and O–H groups in total. The predicted molar refractivity (Wildman–Crippen MR) is 58.3 cm³/mol. The van der Waals surface area contributed by atoms with E-state index in [0.717, 1.165) is 11.1 Å². The first kappa shape index (κ1) is 8.37. The van der Waals surface area contributed by atoms with Crippen molar-refractivity contribution in [3.63, 3.8) is 0 Å². The minimum atomic E-state index is 0.380. The van der Waals surface area contributed by atoms with E-state index < -0.39 is 0 Å². The van der Waals surface area contributed by atoms with Gasteiger partial charge in [0.15, 0.2) is 0 Å². The van der Waals surface area contributed by atoms with Gasteiger partial charge in [0.05, 0.1) is 11.1 Å². The molecule has 0 aliphatic heterocycles. The number of rotatable bonds is 1. The van der Waals surface area contributed by atoms with Crippen LogP contribution in [0.25, 0.3) is 11.1 Å². The number of furan rings is 1. The Balaban J connectivity index is 2.23. The Bertz CT molecular complexity index is 573. The SMILES string of the molecule is C#Cc1oc2nc(C3CC3)ccc2c1N. The molecule has 0 radical (unpaired) electrons. The molecule has 0 spiro atoms. The van der Waals surface area contributed by atoms with Crippen LogP contribution in [0, 0.1) is 12.3 Å². The second-order valence-electron chi connectivity index (χ2n) is 3.85. The lowest BCUT2D eigenvalue weighted by atomic mass is 10.2. The number of terminal acetylenes is 1. The largest absolute Gasteiger partial charge is 0.427 e. The van der Waals surface area contributed by atoms with E-state index in [2.05, 4.69) is 10.9 Å². The molecule has 2 aromatic heterocycles. The van der Waals surface area contributed by atoms with E-state index >= 15 is 0 Å². The highest BCUT2D eigenvalue weighted by atomic mass is 16.3. The fourth-order valence-corrected chi connectivity index (χ4v) is 1.73. The number of nitrogen functional groups attached to an aromatic ring is 1. The molecule has 3 nitrogen and oxygen atoms in total. The van der Waals surface area contributed by atoms with Gasteiger partial charge >= 0.3 is 0 Å². The van der Waals surface area contributed by atoms with E-state index in [0.29, 0.717) is 23.1 Å². The van der Waals surface area contributed by atoms with Crippen molar-refractivity contribution in [3.8, 4) is 12.3 Å². The van der Waals surface area contributed by atoms with Crippen LogP contribution in [-0.2, 0) is 0 Å². The molecule has 2 aromatic rings. The molecule has 0 bridgehead atoms. The summed E-state index contributed by atoms with van der Waals surface area (Å²) in [6.45, 7) is 0. The summed E-state index contributed by atoms with van der Waals surface area (Å²) in [6, 6.07) is 3.95. The number of hydrogen-bond donors (Lipinski definition) is 1. The van der Waals surface area contributed by atoms with Crippen LogP contribution in [0.4, 0.5) is 5.69 Å². The topological polar surface area (TPSA) is 52.0 Å². The quantitative estimate of drug-likeness (QED) is 0.715. The van der Waals surface area contributed by atoms with Crippen molar-refractivity contribution in [1.82, 2.24) is 4.98 Å². The van der Waals surface area contributed by atoms with Crippen molar-refractivity contribution >= 4 is 16.8 Å². The van der Waals surface area contributed by atoms with Gasteiger partial charge in [-0.05, 0) is 30.9 Å². The number of pyridine rings is 1. The molecular weight excluding hydrogens is 188 g/mol. The van der Waals surface area contributed by atoms with Crippen molar-refractivity contribution in [2.45, 2.75) is 18.8 Å². The lowest BCUT2D eigenvalue weighted by Gasteiger charge is -1.95. The first-order valence-corrected chi connectivity index (χ1v) is 4.95. The average molecular weight is 198 g/mol. The van der Waals surface area contributed by atoms with Gasteiger partial charge in [-0.25, -0.2) is 4.98 Å². The van der Waals surface area contributed by atoms with Crippen molar-refractivity contribution < 1.29 is 4.42 Å². The first-order chi connectivity index (χ1) is 7.29. The van der Waals surface area contributed by atoms with Crippen molar-refractivity contribution in [3.05, 3.63) is 23.6 Å². The van der Waals surface area contributed by atoms with Gasteiger partial charge in [-0.3, -0.25) is 0 Å². The molecule has 74 valence electrons. The van der Waals surface area contributed by atoms with Crippen LogP contribution in [0.1, 0.15) is 30.2 Å². The van der Waals surface area contributed by atoms with Crippen LogP contribution in [0.2, 0.25) is 0 Å². The van der Waals surface area contributed by atoms with Crippen molar-refractivity contribution in [1.29, 1.82) is 0 Å². The normalized spacial score (nSPS) is 15.4. The summed E-state index contributed by atoms with van der Waals surface area (Å²) in [5.41, 5.74) is 7.97. The monoisotopic (exact) mass is 198 g/mol. The van der Waals surface area contributed by atoms with Gasteiger partial charge in [-0.1, -0.05) is 0 Å². The molecule has 0 unspecified atom stereocenters. The van der Waals surface area contributed by atoms with Gasteiger partial charge in [-0.2, -0.15) is 0 Å². The van der Waals surface area contributed by atoms with Crippen LogP contribution in [0.15, 0.2) is 16.5 Å². The minimum Gasteiger partial charge on any atom is -0.427 e. The predicted octanol–water partition coefficient (Wildman–Crippen LogP) is 2.27. The number of fused-ring (bicyclic) bond motifs is 1. The van der Waals surface area contributed by atoms with Crippen molar-refractivity contribution in [2.75, 3.05) is 5.73 Å². The number of aromatic nitrogens is 1. The van der Waals surface area contributed by atoms with E-state index in [-0.39, 0.29) is 0 Å². The Morgan fingerprint density at radius 3 is 2.93 bits per heavy atom. The van der Waals surface area contributed by atoms with Crippen molar-refractivity contribution in [2.24, 2.45) is 0 Å². The summed E-state index contributed by atoms with van der Waals surface area (Å²) in [4.78, 5) is 4.42. The Kier molecular flexibility index (Phi) is 1.54. The summed E-state index contributed by atoms with van der Waals surface area (Å²) in [5.74, 6) is 3.40. The maximum absolute atomic E-state index is 5.82. The lowest BCUT2D eigenvalue weighted by Crippen LogP contribution is -1.87. The highest BCUT2D eigenvalue weighted by Crippen LogP contribution is 2.40. The Labute approximate surface area is 87.3 Å². The summed E-state index contributed by atoms with van der Waals surface area (Å²) in [7, 11) is 0. The van der Waals surface area contributed by atoms with E-state index in [1.807, 2.05) is 12.1 Å². The van der Waals surface area contributed by atoms with Gasteiger partial charge < -0.3 is 10.2 Å². The molecular formula is C12H10N2O. The van der Waals surface area contributed by atoms with Crippen LogP contribution in [0.5, 0.6) is 0 Å². The Morgan fingerprint density at radius 1 is 1.47 bits per heavy atom. The highest BCUT2D eigenvalue weighted by Gasteiger charge is 2.25. The fraction of sp³-hybridized carbons (Fsp3) is 0.250. The Morgan fingerprint density at radius 2 is 2.27 bits per heavy atom. The van der Waals surface area contributed by atoms with Crippen LogP contribution >= 0.6 is 0 Å². The molecule has 1 aliphatic carbocycles. The zero-order valence-electron chi connectivity index (χ0n) is 8.16. The standard InChI is InChI=1S/C12H10N2O/c1-2-10-11(13)8-5-6-9(7-3-4-7)14-12(8)15-10/h1,5-7H,3-4,13H2. The smallest absolute Gasteiger partial charge is 0.230 e. The summed E-state index contributed by atoms with van der Waals surface area (Å²) in [5, 5.41) is 0.812. The van der Waals surface area contributed by atoms with Crippen LogP contribution in [0.3, 0.4) is 0 Å². The molecule has 0 saturated heterocycles. The molecule has 0 aromatic carbocycles. The summed E-state index contributed by atoms with van der Waals surface area (Å²) >= 11 is 0. The highest BCUT2D eigenvalue weighted by molar-refractivity contribution is 5.90. The fourth-order valence-electron chi connectivity index (χ4n) is 1.73. The number of anilines is 1. The van der Waals surface area contributed by atoms with E-state index in [1.165, 1.54) is 12.8 Å². The lowest BCUT2D eigenvalue weighted by molar-refractivity contribution is 0.589. The van der Waals surface area contributed by atoms with E-state index in [1.54, 1.807) is 0 Å². The first-order valence-electron chi connectivity index (χ1n) is 4.95. The third kappa shape index (κ3) is 1.18. The Hall–Kier alpha value is -1.95. The zero-order chi connectivity index (χ0) is 10.4. The van der Waals surface area contributed by atoms with Gasteiger partial charge in [0, 0.05) is 11.6 Å². The molecule has 3 rings (SSSR count). The molecule has 1 fully saturated rings. The molecule has 0 atom stereocenters. The zero-order valence-corrected chi connectivity index (χ0v) is 8.16. The molecule has 0 amide bonds. The summed E-state index contributed by atoms with van der Waals surface area (Å²) in [6.07, 6.45) is 7.71. The maximum Gasteiger partial charge on any atom is 0.230 e. The third-order valence-corrected chi connectivity index (χ3v) is 2.74. The van der Waals surface area contributed by atoms with E-state index in [4.69, 9.17) is 16.6 Å². The van der Waals surface area contributed by atoms with E-state index in [9.17, 15) is 0 Å². The minimum absolute atomic E-state index is 0.380. The van der Waals surface area contributed by atoms with Gasteiger partial charge in [0.25, 0.3) is 0 Å². The molecule has 3 heteroatoms. The summed E-state index contributed by atoms with van der Waals surface area (Å²) < 4.78 is 5.39. The average Bonchev–Trinajstić information content (AvgIpc) is 3.05. The molecule has 2 heterocycles. The second-order valence-corrected chi connectivity index (χ2v) is 3.85. The number of nitrogens with two attached hydrogens (primary N) is 1. The molecule has 1 aliphatic rings. The maximum atomic E-state index is 5.82. The number of hydrogen-bond acceptors (Lipinski definition) is 3. The second kappa shape index (κ2) is 2.77. The molecule has 1 saturated carbocycles. The third-order valence-electron chi connectivity index (χ3n) is 2.74. The van der Waals surface area contributed by atoms with Gasteiger partial charge in [-0.15, -0.1) is 6.42 Å². The molecule has 15 heavy (non-hydrogen) atoms. The number of nitrogens with zero attached hydrogens (tertiary/aromatic N) is 1. The van der Waals surface area contributed by atoms with Gasteiger partial charge in [0.1, 0.15) is 0 Å². The van der Waals surface area contributed by atoms with Gasteiger partial charge in [0.2, 0.25) is 11.5 Å².